The predicted molar refractivity (Wildman–Crippen MR) is 99.3 cm³/mol. The molecule has 0 amide bonds. The Labute approximate surface area is 143 Å². The van der Waals surface area contributed by atoms with Crippen LogP contribution in [0.2, 0.25) is 0 Å². The van der Waals surface area contributed by atoms with Gasteiger partial charge in [0.25, 0.3) is 0 Å². The first-order valence-electron chi connectivity index (χ1n) is 8.09. The third-order valence-corrected chi connectivity index (χ3v) is 3.94. The lowest BCUT2D eigenvalue weighted by Gasteiger charge is -2.10. The molecule has 3 nitrogen and oxygen atoms in total. The van der Waals surface area contributed by atoms with E-state index < -0.39 is 0 Å². The number of aryl methyl sites for hydroxylation is 2. The predicted octanol–water partition coefficient (Wildman–Crippen LogP) is 5.21. The van der Waals surface area contributed by atoms with Gasteiger partial charge in [0.2, 0.25) is 0 Å². The van der Waals surface area contributed by atoms with Gasteiger partial charge in [0.15, 0.2) is 0 Å². The summed E-state index contributed by atoms with van der Waals surface area (Å²) in [6.07, 6.45) is 0. The van der Waals surface area contributed by atoms with E-state index in [1.807, 2.05) is 48.5 Å². The van der Waals surface area contributed by atoms with Crippen LogP contribution in [0.3, 0.4) is 0 Å². The van der Waals surface area contributed by atoms with Crippen molar-refractivity contribution in [1.82, 2.24) is 5.43 Å². The van der Waals surface area contributed by atoms with Crippen LogP contribution in [0.15, 0.2) is 72.8 Å². The highest BCUT2D eigenvalue weighted by molar-refractivity contribution is 5.41. The molecule has 3 aromatic carbocycles. The van der Waals surface area contributed by atoms with Crippen molar-refractivity contribution in [3.8, 4) is 11.5 Å². The SMILES string of the molecule is Cc1ccc(Oc2ccc(CNNc3ccccc3)cc2)cc1C. The van der Waals surface area contributed by atoms with E-state index in [9.17, 15) is 0 Å². The normalized spacial score (nSPS) is 10.4. The van der Waals surface area contributed by atoms with Gasteiger partial charge in [0.1, 0.15) is 11.5 Å². The van der Waals surface area contributed by atoms with Gasteiger partial charge in [0.05, 0.1) is 0 Å². The van der Waals surface area contributed by atoms with Gasteiger partial charge in [-0.15, -0.1) is 0 Å². The van der Waals surface area contributed by atoms with Crippen molar-refractivity contribution in [1.29, 1.82) is 0 Å². The summed E-state index contributed by atoms with van der Waals surface area (Å²) in [5.41, 5.74) is 11.1. The number of nitrogens with one attached hydrogen (secondary N) is 2. The molecular weight excluding hydrogens is 296 g/mol. The highest BCUT2D eigenvalue weighted by Gasteiger charge is 2.00. The standard InChI is InChI=1S/C21H22N2O/c1-16-8-11-21(14-17(16)2)24-20-12-9-18(10-13-20)15-22-23-19-6-4-3-5-7-19/h3-14,22-23H,15H2,1-2H3. The van der Waals surface area contributed by atoms with Crippen LogP contribution in [0.5, 0.6) is 11.5 Å². The number of rotatable bonds is 6. The molecule has 0 aliphatic carbocycles. The van der Waals surface area contributed by atoms with Crippen LogP contribution in [-0.2, 0) is 6.54 Å². The number of hydrogen-bond donors (Lipinski definition) is 2. The second-order valence-corrected chi connectivity index (χ2v) is 5.84. The van der Waals surface area contributed by atoms with Gasteiger partial charge in [-0.05, 0) is 66.9 Å². The molecule has 2 N–H and O–H groups in total. The first-order chi connectivity index (χ1) is 11.7. The maximum atomic E-state index is 5.91. The summed E-state index contributed by atoms with van der Waals surface area (Å²) in [4.78, 5) is 0. The molecule has 0 saturated carbocycles. The van der Waals surface area contributed by atoms with Crippen LogP contribution in [0.4, 0.5) is 5.69 Å². The summed E-state index contributed by atoms with van der Waals surface area (Å²) in [5, 5.41) is 0. The maximum Gasteiger partial charge on any atom is 0.127 e. The van der Waals surface area contributed by atoms with E-state index in [2.05, 4.69) is 49.0 Å². The van der Waals surface area contributed by atoms with Crippen LogP contribution in [0.25, 0.3) is 0 Å². The molecule has 0 aliphatic rings. The van der Waals surface area contributed by atoms with Gasteiger partial charge < -0.3 is 10.2 Å². The van der Waals surface area contributed by atoms with Gasteiger partial charge in [0, 0.05) is 12.2 Å². The Morgan fingerprint density at radius 1 is 0.750 bits per heavy atom. The Hall–Kier alpha value is -2.78. The number of ether oxygens (including phenoxy) is 1. The molecule has 0 heterocycles. The van der Waals surface area contributed by atoms with Gasteiger partial charge in [-0.25, -0.2) is 5.43 Å². The molecule has 0 bridgehead atoms. The monoisotopic (exact) mass is 318 g/mol. The Morgan fingerprint density at radius 2 is 1.46 bits per heavy atom. The fourth-order valence-corrected chi connectivity index (χ4v) is 2.36. The fraction of sp³-hybridized carbons (Fsp3) is 0.143. The van der Waals surface area contributed by atoms with Crippen LogP contribution < -0.4 is 15.6 Å². The van der Waals surface area contributed by atoms with Crippen molar-refractivity contribution in [2.24, 2.45) is 0 Å². The lowest BCUT2D eigenvalue weighted by atomic mass is 10.1. The molecule has 0 radical (unpaired) electrons. The van der Waals surface area contributed by atoms with Crippen LogP contribution in [0.1, 0.15) is 16.7 Å². The van der Waals surface area contributed by atoms with E-state index in [-0.39, 0.29) is 0 Å². The van der Waals surface area contributed by atoms with Gasteiger partial charge in [-0.3, -0.25) is 0 Å². The molecule has 0 spiro atoms. The number of benzene rings is 3. The first kappa shape index (κ1) is 16.1. The summed E-state index contributed by atoms with van der Waals surface area (Å²) in [7, 11) is 0. The minimum Gasteiger partial charge on any atom is -0.457 e. The molecule has 0 aromatic heterocycles. The van der Waals surface area contributed by atoms with Gasteiger partial charge in [-0.1, -0.05) is 36.4 Å². The zero-order valence-electron chi connectivity index (χ0n) is 14.0. The average Bonchev–Trinajstić information content (AvgIpc) is 2.61. The van der Waals surface area contributed by atoms with Crippen LogP contribution in [-0.4, -0.2) is 0 Å². The second-order valence-electron chi connectivity index (χ2n) is 5.84. The van der Waals surface area contributed by atoms with Gasteiger partial charge in [-0.2, -0.15) is 0 Å². The second kappa shape index (κ2) is 7.66. The smallest absolute Gasteiger partial charge is 0.127 e. The van der Waals surface area contributed by atoms with Crippen molar-refractivity contribution in [2.75, 3.05) is 5.43 Å². The van der Waals surface area contributed by atoms with E-state index in [0.717, 1.165) is 23.7 Å². The third kappa shape index (κ3) is 4.37. The number of hydrogen-bond acceptors (Lipinski definition) is 3. The lowest BCUT2D eigenvalue weighted by Crippen LogP contribution is -2.20. The third-order valence-electron chi connectivity index (χ3n) is 3.94. The largest absolute Gasteiger partial charge is 0.457 e. The summed E-state index contributed by atoms with van der Waals surface area (Å²) in [6.45, 7) is 4.93. The molecule has 0 aliphatic heterocycles. The van der Waals surface area contributed by atoms with Crippen molar-refractivity contribution < 1.29 is 4.74 Å². The molecule has 3 rings (SSSR count). The van der Waals surface area contributed by atoms with E-state index >= 15 is 0 Å². The van der Waals surface area contributed by atoms with E-state index in [1.54, 1.807) is 0 Å². The van der Waals surface area contributed by atoms with E-state index in [4.69, 9.17) is 4.74 Å². The Balaban J connectivity index is 1.54. The number of para-hydroxylation sites is 1. The minimum absolute atomic E-state index is 0.735. The van der Waals surface area contributed by atoms with Crippen molar-refractivity contribution >= 4 is 5.69 Å². The van der Waals surface area contributed by atoms with Gasteiger partial charge >= 0.3 is 0 Å². The highest BCUT2D eigenvalue weighted by atomic mass is 16.5. The fourth-order valence-electron chi connectivity index (χ4n) is 2.36. The Bertz CT molecular complexity index is 783. The number of hydrazine groups is 1. The Morgan fingerprint density at radius 3 is 2.17 bits per heavy atom. The Kier molecular flexibility index (Phi) is 5.14. The summed E-state index contributed by atoms with van der Waals surface area (Å²) < 4.78 is 5.91. The number of anilines is 1. The van der Waals surface area contributed by atoms with Crippen molar-refractivity contribution in [2.45, 2.75) is 20.4 Å². The molecule has 0 atom stereocenters. The average molecular weight is 318 g/mol. The molecule has 3 aromatic rings. The van der Waals surface area contributed by atoms with E-state index in [1.165, 1.54) is 16.7 Å². The topological polar surface area (TPSA) is 33.3 Å². The van der Waals surface area contributed by atoms with Crippen molar-refractivity contribution in [3.63, 3.8) is 0 Å². The van der Waals surface area contributed by atoms with Crippen LogP contribution >= 0.6 is 0 Å². The molecule has 3 heteroatoms. The molecular formula is C21H22N2O. The minimum atomic E-state index is 0.735. The van der Waals surface area contributed by atoms with Crippen molar-refractivity contribution in [3.05, 3.63) is 89.5 Å². The van der Waals surface area contributed by atoms with Crippen LogP contribution in [0, 0.1) is 13.8 Å². The zero-order valence-corrected chi connectivity index (χ0v) is 14.0. The first-order valence-corrected chi connectivity index (χ1v) is 8.09. The molecule has 0 fully saturated rings. The van der Waals surface area contributed by atoms with E-state index in [0.29, 0.717) is 0 Å². The highest BCUT2D eigenvalue weighted by Crippen LogP contribution is 2.23. The summed E-state index contributed by atoms with van der Waals surface area (Å²) in [5.74, 6) is 1.72. The quantitative estimate of drug-likeness (QED) is 0.612. The maximum absolute atomic E-state index is 5.91. The molecule has 0 saturated heterocycles. The lowest BCUT2D eigenvalue weighted by molar-refractivity contribution is 0.482. The molecule has 0 unspecified atom stereocenters. The summed E-state index contributed by atoms with van der Waals surface area (Å²) in [6, 6.07) is 24.3. The molecule has 24 heavy (non-hydrogen) atoms. The summed E-state index contributed by atoms with van der Waals surface area (Å²) >= 11 is 0. The zero-order chi connectivity index (χ0) is 16.8. The molecule has 122 valence electrons.